The molecule has 0 aromatic carbocycles. The van der Waals surface area contributed by atoms with Gasteiger partial charge in [0.15, 0.2) is 24.7 Å². The molecule has 0 bridgehead atoms. The number of rotatable bonds is 7. The van der Waals surface area contributed by atoms with Gasteiger partial charge in [-0.1, -0.05) is 39.3 Å². The fourth-order valence-electron chi connectivity index (χ4n) is 13.7. The van der Waals surface area contributed by atoms with E-state index in [1.54, 1.807) is 0 Å². The zero-order valence-corrected chi connectivity index (χ0v) is 35.6. The molecule has 4 aliphatic carbocycles. The average Bonchev–Trinajstić information content (AvgIpc) is 3.68. The van der Waals surface area contributed by atoms with E-state index in [1.165, 1.54) is 18.9 Å². The van der Waals surface area contributed by atoms with Crippen LogP contribution in [0.2, 0.25) is 0 Å². The van der Waals surface area contributed by atoms with Crippen LogP contribution in [0.1, 0.15) is 92.4 Å². The number of hydrogen-bond donors (Lipinski definition) is 8. The monoisotopic (exact) mass is 854 g/mol. The zero-order valence-electron chi connectivity index (χ0n) is 35.6. The van der Waals surface area contributed by atoms with Crippen molar-refractivity contribution in [2.45, 2.75) is 196 Å². The highest BCUT2D eigenvalue weighted by Crippen LogP contribution is 2.70. The van der Waals surface area contributed by atoms with Gasteiger partial charge in [-0.2, -0.15) is 0 Å². The number of allylic oxidation sites excluding steroid dienone is 1. The van der Waals surface area contributed by atoms with Crippen molar-refractivity contribution in [3.8, 4) is 0 Å². The van der Waals surface area contributed by atoms with E-state index >= 15 is 0 Å². The van der Waals surface area contributed by atoms with E-state index in [9.17, 15) is 40.9 Å². The first-order valence-electron chi connectivity index (χ1n) is 22.8. The maximum atomic E-state index is 11.5. The fourth-order valence-corrected chi connectivity index (χ4v) is 13.7. The highest BCUT2D eigenvalue weighted by atomic mass is 16.8. The number of ether oxygens (including phenoxy) is 8. The van der Waals surface area contributed by atoms with Crippen LogP contribution in [-0.4, -0.2) is 165 Å². The summed E-state index contributed by atoms with van der Waals surface area (Å²) in [5, 5.41) is 85.1. The van der Waals surface area contributed by atoms with Crippen molar-refractivity contribution in [3.05, 3.63) is 11.6 Å². The van der Waals surface area contributed by atoms with Gasteiger partial charge in [0.05, 0.1) is 38.1 Å². The van der Waals surface area contributed by atoms with Gasteiger partial charge in [0, 0.05) is 12.3 Å². The van der Waals surface area contributed by atoms with Gasteiger partial charge in [-0.3, -0.25) is 0 Å². The van der Waals surface area contributed by atoms with E-state index in [-0.39, 0.29) is 29.6 Å². The van der Waals surface area contributed by atoms with Crippen molar-refractivity contribution in [3.63, 3.8) is 0 Å². The summed E-state index contributed by atoms with van der Waals surface area (Å²) in [4.78, 5) is 0. The standard InChI is InChI=1S/C44H70O16/c1-19-8-13-44(54-17-19)20(2)30-28(60-44)15-26-24-7-6-22-14-23(9-11-42(22,4)25(24)10-12-43(26,30)5)56-41-38(59-40-36(52)34(50)31(47)21(3)55-40)37(33(49)29(16-45)57-41)58-39-35(51)32(48)27(46)18-53-39/h6,19-21,23-41,45-52H,7-18H2,1-5H3/t19-,20+,21+,23+,24-,25+,26+,27-,28+,29-,30+,31+,32+,33-,34-,35-,36-,37+,38-,39+,40+,41-,42+,43+,44-/m0/s1. The lowest BCUT2D eigenvalue weighted by molar-refractivity contribution is -0.390. The Morgan fingerprint density at radius 3 is 2.22 bits per heavy atom. The molecule has 0 radical (unpaired) electrons. The summed E-state index contributed by atoms with van der Waals surface area (Å²) in [6, 6.07) is 0. The Morgan fingerprint density at radius 1 is 0.733 bits per heavy atom. The van der Waals surface area contributed by atoms with Gasteiger partial charge in [-0.05, 0) is 98.7 Å². The molecular formula is C44H70O16. The quantitative estimate of drug-likeness (QED) is 0.166. The van der Waals surface area contributed by atoms with Crippen LogP contribution in [0.15, 0.2) is 11.6 Å². The topological polar surface area (TPSA) is 236 Å². The summed E-state index contributed by atoms with van der Waals surface area (Å²) < 4.78 is 50.1. The summed E-state index contributed by atoms with van der Waals surface area (Å²) in [5.74, 6) is 2.62. The van der Waals surface area contributed by atoms with E-state index in [4.69, 9.17) is 37.9 Å². The Balaban J connectivity index is 0.932. The van der Waals surface area contributed by atoms with Gasteiger partial charge >= 0.3 is 0 Å². The number of fused-ring (bicyclic) bond motifs is 7. The fraction of sp³-hybridized carbons (Fsp3) is 0.955. The number of aliphatic hydroxyl groups excluding tert-OH is 8. The molecule has 0 aromatic rings. The van der Waals surface area contributed by atoms with E-state index in [2.05, 4.69) is 33.8 Å². The minimum Gasteiger partial charge on any atom is -0.394 e. The van der Waals surface area contributed by atoms with Crippen LogP contribution in [0.3, 0.4) is 0 Å². The maximum absolute atomic E-state index is 11.5. The van der Waals surface area contributed by atoms with Crippen LogP contribution in [0, 0.1) is 46.3 Å². The summed E-state index contributed by atoms with van der Waals surface area (Å²) in [7, 11) is 0. The summed E-state index contributed by atoms with van der Waals surface area (Å²) in [6.45, 7) is 10.9. The average molecular weight is 855 g/mol. The molecule has 5 aliphatic heterocycles. The molecule has 25 atom stereocenters. The second-order valence-corrected chi connectivity index (χ2v) is 20.6. The molecule has 1 spiro atoms. The molecule has 5 saturated heterocycles. The van der Waals surface area contributed by atoms with E-state index < -0.39 is 98.4 Å². The third-order valence-electron chi connectivity index (χ3n) is 17.3. The normalized spacial score (nSPS) is 57.9. The van der Waals surface area contributed by atoms with Gasteiger partial charge in [-0.25, -0.2) is 0 Å². The van der Waals surface area contributed by atoms with Gasteiger partial charge in [0.25, 0.3) is 0 Å². The minimum atomic E-state index is -1.72. The molecule has 8 fully saturated rings. The Labute approximate surface area is 352 Å². The van der Waals surface area contributed by atoms with Crippen LogP contribution in [-0.2, 0) is 37.9 Å². The molecule has 0 aromatic heterocycles. The maximum Gasteiger partial charge on any atom is 0.187 e. The number of hydrogen-bond acceptors (Lipinski definition) is 16. The second-order valence-electron chi connectivity index (χ2n) is 20.6. The Kier molecular flexibility index (Phi) is 12.2. The van der Waals surface area contributed by atoms with Crippen molar-refractivity contribution in [1.29, 1.82) is 0 Å². The van der Waals surface area contributed by atoms with E-state index in [0.29, 0.717) is 48.3 Å². The van der Waals surface area contributed by atoms with Gasteiger partial charge in [0.2, 0.25) is 0 Å². The highest BCUT2D eigenvalue weighted by Gasteiger charge is 2.69. The lowest BCUT2D eigenvalue weighted by Crippen LogP contribution is -2.66. The molecule has 5 heterocycles. The molecule has 8 N–H and O–H groups in total. The Morgan fingerprint density at radius 2 is 1.48 bits per heavy atom. The zero-order chi connectivity index (χ0) is 42.6. The van der Waals surface area contributed by atoms with Gasteiger partial charge in [0.1, 0.15) is 61.0 Å². The molecule has 16 nitrogen and oxygen atoms in total. The molecule has 60 heavy (non-hydrogen) atoms. The predicted octanol–water partition coefficient (Wildman–Crippen LogP) is 0.853. The first-order chi connectivity index (χ1) is 28.5. The predicted molar refractivity (Wildman–Crippen MR) is 208 cm³/mol. The third-order valence-corrected chi connectivity index (χ3v) is 17.3. The summed E-state index contributed by atoms with van der Waals surface area (Å²) in [6.07, 6.45) is -9.49. The SMILES string of the molecule is C[C@H]1CC[C@]2(OC1)O[C@@H]1C[C@@H]3[C@H]4CC=C5C[C@H](O[C@H]6O[C@@H](CO)[C@H](O)[C@@H](O[C@H]7OC[C@H](O)[C@@H](O)[C@@H]7O)[C@@H]6O[C@H]6O[C@H](C)[C@@H](O)[C@H](O)[C@@H]6O)CC[C@@]5(C)[C@@H]4CC[C@@]3(C)[C@@H]1[C@H]2C. The lowest BCUT2D eigenvalue weighted by Gasteiger charge is -2.59. The van der Waals surface area contributed by atoms with Crippen LogP contribution in [0.5, 0.6) is 0 Å². The third kappa shape index (κ3) is 7.19. The first-order valence-corrected chi connectivity index (χ1v) is 22.8. The second kappa shape index (κ2) is 16.5. The van der Waals surface area contributed by atoms with Gasteiger partial charge in [-0.15, -0.1) is 0 Å². The molecule has 0 amide bonds. The molecule has 0 unspecified atom stereocenters. The smallest absolute Gasteiger partial charge is 0.187 e. The van der Waals surface area contributed by atoms with Crippen LogP contribution in [0.25, 0.3) is 0 Å². The summed E-state index contributed by atoms with van der Waals surface area (Å²) >= 11 is 0. The van der Waals surface area contributed by atoms with Crippen LogP contribution >= 0.6 is 0 Å². The summed E-state index contributed by atoms with van der Waals surface area (Å²) in [5.41, 5.74) is 1.52. The van der Waals surface area contributed by atoms with E-state index in [1.807, 2.05) is 0 Å². The van der Waals surface area contributed by atoms with Crippen molar-refractivity contribution in [1.82, 2.24) is 0 Å². The minimum absolute atomic E-state index is 0.0239. The molecule has 16 heteroatoms. The lowest BCUT2D eigenvalue weighted by atomic mass is 9.47. The highest BCUT2D eigenvalue weighted by molar-refractivity contribution is 5.26. The van der Waals surface area contributed by atoms with Crippen LogP contribution < -0.4 is 0 Å². The van der Waals surface area contributed by atoms with Crippen LogP contribution in [0.4, 0.5) is 0 Å². The Hall–Kier alpha value is -0.900. The molecule has 9 aliphatic rings. The largest absolute Gasteiger partial charge is 0.394 e. The number of aliphatic hydroxyl groups is 8. The molecule has 9 rings (SSSR count). The molecule has 342 valence electrons. The Bertz CT molecular complexity index is 1560. The van der Waals surface area contributed by atoms with E-state index in [0.717, 1.165) is 45.1 Å². The van der Waals surface area contributed by atoms with Crippen molar-refractivity contribution >= 4 is 0 Å². The molecular weight excluding hydrogens is 784 g/mol. The van der Waals surface area contributed by atoms with Crippen molar-refractivity contribution in [2.24, 2.45) is 46.3 Å². The van der Waals surface area contributed by atoms with Crippen molar-refractivity contribution < 1.29 is 78.7 Å². The van der Waals surface area contributed by atoms with Gasteiger partial charge < -0.3 is 78.7 Å². The van der Waals surface area contributed by atoms with Crippen molar-refractivity contribution in [2.75, 3.05) is 19.8 Å². The molecule has 3 saturated carbocycles. The first kappa shape index (κ1) is 44.3.